The van der Waals surface area contributed by atoms with E-state index in [1.54, 1.807) is 7.11 Å². The van der Waals surface area contributed by atoms with Crippen LogP contribution in [-0.4, -0.2) is 37.2 Å². The van der Waals surface area contributed by atoms with Gasteiger partial charge in [-0.2, -0.15) is 0 Å². The minimum Gasteiger partial charge on any atom is -0.478 e. The summed E-state index contributed by atoms with van der Waals surface area (Å²) in [6.07, 6.45) is 1.04. The molecule has 0 aliphatic rings. The maximum Gasteiger partial charge on any atom is 0.338 e. The summed E-state index contributed by atoms with van der Waals surface area (Å²) < 4.78 is 9.78. The summed E-state index contributed by atoms with van der Waals surface area (Å²) in [6, 6.07) is 1.19. The Kier molecular flexibility index (Phi) is 4.71. The molecule has 2 N–H and O–H groups in total. The third kappa shape index (κ3) is 3.92. The molecule has 1 atom stereocenters. The van der Waals surface area contributed by atoms with E-state index in [0.717, 1.165) is 6.26 Å². The molecule has 6 nitrogen and oxygen atoms in total. The Morgan fingerprint density at radius 3 is 2.82 bits per heavy atom. The molecule has 1 unspecified atom stereocenters. The molecule has 1 amide bonds. The number of ether oxygens (including phenoxy) is 1. The fourth-order valence-electron chi connectivity index (χ4n) is 1.26. The molecule has 0 aliphatic heterocycles. The topological polar surface area (TPSA) is 88.8 Å². The van der Waals surface area contributed by atoms with E-state index in [1.807, 2.05) is 6.92 Å². The van der Waals surface area contributed by atoms with E-state index in [9.17, 15) is 9.59 Å². The van der Waals surface area contributed by atoms with Gasteiger partial charge in [-0.25, -0.2) is 4.79 Å². The molecule has 94 valence electrons. The largest absolute Gasteiger partial charge is 0.478 e. The molecule has 0 saturated carbocycles. The molecule has 1 aromatic rings. The zero-order valence-corrected chi connectivity index (χ0v) is 9.73. The highest BCUT2D eigenvalue weighted by Gasteiger charge is 2.14. The highest BCUT2D eigenvalue weighted by Crippen LogP contribution is 2.07. The minimum absolute atomic E-state index is 0.00739. The fraction of sp³-hybridized carbons (Fsp3) is 0.455. The summed E-state index contributed by atoms with van der Waals surface area (Å²) in [7, 11) is 1.59. The van der Waals surface area contributed by atoms with Gasteiger partial charge in [-0.3, -0.25) is 4.79 Å². The molecule has 1 rings (SSSR count). The zero-order chi connectivity index (χ0) is 12.8. The number of hydrogen-bond acceptors (Lipinski definition) is 4. The van der Waals surface area contributed by atoms with Gasteiger partial charge in [-0.15, -0.1) is 0 Å². The van der Waals surface area contributed by atoms with Crippen molar-refractivity contribution in [3.05, 3.63) is 23.7 Å². The van der Waals surface area contributed by atoms with Crippen LogP contribution in [0.2, 0.25) is 0 Å². The molecule has 0 fully saturated rings. The lowest BCUT2D eigenvalue weighted by Gasteiger charge is -2.10. The van der Waals surface area contributed by atoms with Crippen LogP contribution in [0.15, 0.2) is 16.7 Å². The number of rotatable bonds is 6. The van der Waals surface area contributed by atoms with Crippen molar-refractivity contribution in [3.63, 3.8) is 0 Å². The summed E-state index contributed by atoms with van der Waals surface area (Å²) in [6.45, 7) is 2.91. The average molecular weight is 241 g/mol. The predicted octanol–water partition coefficient (Wildman–Crippen LogP) is 0.990. The molecular weight excluding hydrogens is 226 g/mol. The number of amides is 1. The van der Waals surface area contributed by atoms with Crippen molar-refractivity contribution in [3.8, 4) is 0 Å². The lowest BCUT2D eigenvalue weighted by Crippen LogP contribution is -2.29. The second-order valence-electron chi connectivity index (χ2n) is 3.78. The molecular formula is C11H15NO5. The standard InChI is InChI=1S/C11H15NO5/c1-7(5-16-2)4-12-10(13)9-3-8(6-17-9)11(14)15/h3,6-7H,4-5H2,1-2H3,(H,12,13)(H,14,15). The number of hydrogen-bond donors (Lipinski definition) is 2. The molecule has 1 heterocycles. The first kappa shape index (κ1) is 13.2. The molecule has 17 heavy (non-hydrogen) atoms. The molecule has 0 saturated heterocycles. The van der Waals surface area contributed by atoms with Gasteiger partial charge in [0.05, 0.1) is 12.2 Å². The first-order valence-corrected chi connectivity index (χ1v) is 5.13. The van der Waals surface area contributed by atoms with Crippen LogP contribution >= 0.6 is 0 Å². The van der Waals surface area contributed by atoms with E-state index in [2.05, 4.69) is 5.32 Å². The highest BCUT2D eigenvalue weighted by molar-refractivity contribution is 5.95. The van der Waals surface area contributed by atoms with Gasteiger partial charge in [-0.1, -0.05) is 6.92 Å². The van der Waals surface area contributed by atoms with Gasteiger partial charge in [0.25, 0.3) is 5.91 Å². The van der Waals surface area contributed by atoms with Gasteiger partial charge in [0, 0.05) is 19.7 Å². The Morgan fingerprint density at radius 2 is 2.29 bits per heavy atom. The van der Waals surface area contributed by atoms with Crippen molar-refractivity contribution >= 4 is 11.9 Å². The van der Waals surface area contributed by atoms with Gasteiger partial charge in [0.15, 0.2) is 5.76 Å². The molecule has 0 aliphatic carbocycles. The molecule has 0 radical (unpaired) electrons. The van der Waals surface area contributed by atoms with E-state index in [-0.39, 0.29) is 17.2 Å². The van der Waals surface area contributed by atoms with Crippen LogP contribution in [0.5, 0.6) is 0 Å². The zero-order valence-electron chi connectivity index (χ0n) is 9.73. The fourth-order valence-corrected chi connectivity index (χ4v) is 1.26. The summed E-state index contributed by atoms with van der Waals surface area (Å²) in [5, 5.41) is 11.3. The van der Waals surface area contributed by atoms with Crippen molar-refractivity contribution in [2.45, 2.75) is 6.92 Å². The predicted molar refractivity (Wildman–Crippen MR) is 59.0 cm³/mol. The number of carbonyl (C=O) groups is 2. The molecule has 0 aromatic carbocycles. The molecule has 6 heteroatoms. The Balaban J connectivity index is 2.49. The number of furan rings is 1. The summed E-state index contributed by atoms with van der Waals surface area (Å²) in [5.41, 5.74) is -0.0416. The van der Waals surface area contributed by atoms with Crippen LogP contribution in [0.4, 0.5) is 0 Å². The normalized spacial score (nSPS) is 12.1. The van der Waals surface area contributed by atoms with E-state index in [1.165, 1.54) is 6.07 Å². The number of carbonyl (C=O) groups excluding carboxylic acids is 1. The Hall–Kier alpha value is -1.82. The molecule has 1 aromatic heterocycles. The molecule has 0 spiro atoms. The van der Waals surface area contributed by atoms with Crippen LogP contribution in [0.25, 0.3) is 0 Å². The Morgan fingerprint density at radius 1 is 1.59 bits per heavy atom. The van der Waals surface area contributed by atoms with Gasteiger partial charge >= 0.3 is 5.97 Å². The van der Waals surface area contributed by atoms with Crippen LogP contribution in [-0.2, 0) is 4.74 Å². The Labute approximate surface area is 98.6 Å². The monoisotopic (exact) mass is 241 g/mol. The second kappa shape index (κ2) is 6.05. The SMILES string of the molecule is COCC(C)CNC(=O)c1cc(C(=O)O)co1. The molecule has 0 bridgehead atoms. The third-order valence-corrected chi connectivity index (χ3v) is 2.13. The Bertz CT molecular complexity index is 398. The maximum atomic E-state index is 11.6. The highest BCUT2D eigenvalue weighted by atomic mass is 16.5. The van der Waals surface area contributed by atoms with Gasteiger partial charge in [0.1, 0.15) is 6.26 Å². The van der Waals surface area contributed by atoms with Gasteiger partial charge in [0.2, 0.25) is 0 Å². The van der Waals surface area contributed by atoms with E-state index in [4.69, 9.17) is 14.3 Å². The van der Waals surface area contributed by atoms with Crippen LogP contribution in [0.3, 0.4) is 0 Å². The summed E-state index contributed by atoms with van der Waals surface area (Å²) >= 11 is 0. The van der Waals surface area contributed by atoms with E-state index in [0.29, 0.717) is 13.2 Å². The first-order chi connectivity index (χ1) is 8.04. The lowest BCUT2D eigenvalue weighted by atomic mass is 10.2. The van der Waals surface area contributed by atoms with Crippen molar-refractivity contribution in [1.29, 1.82) is 0 Å². The van der Waals surface area contributed by atoms with Crippen molar-refractivity contribution in [2.75, 3.05) is 20.3 Å². The second-order valence-corrected chi connectivity index (χ2v) is 3.78. The minimum atomic E-state index is -1.12. The van der Waals surface area contributed by atoms with Crippen molar-refractivity contribution < 1.29 is 23.8 Å². The third-order valence-electron chi connectivity index (χ3n) is 2.13. The number of carboxylic acid groups (broad SMARTS) is 1. The van der Waals surface area contributed by atoms with E-state index < -0.39 is 11.9 Å². The van der Waals surface area contributed by atoms with Gasteiger partial charge < -0.3 is 19.6 Å². The first-order valence-electron chi connectivity index (χ1n) is 5.13. The summed E-state index contributed by atoms with van der Waals surface area (Å²) in [4.78, 5) is 22.1. The number of nitrogens with one attached hydrogen (secondary N) is 1. The van der Waals surface area contributed by atoms with E-state index >= 15 is 0 Å². The van der Waals surface area contributed by atoms with Crippen molar-refractivity contribution in [2.24, 2.45) is 5.92 Å². The smallest absolute Gasteiger partial charge is 0.338 e. The average Bonchev–Trinajstić information content (AvgIpc) is 2.75. The van der Waals surface area contributed by atoms with Crippen molar-refractivity contribution in [1.82, 2.24) is 5.32 Å². The maximum absolute atomic E-state index is 11.6. The van der Waals surface area contributed by atoms with Crippen LogP contribution in [0.1, 0.15) is 27.8 Å². The lowest BCUT2D eigenvalue weighted by molar-refractivity contribution is 0.0695. The van der Waals surface area contributed by atoms with Gasteiger partial charge in [-0.05, 0) is 5.92 Å². The number of aromatic carboxylic acids is 1. The summed E-state index contributed by atoms with van der Waals surface area (Å²) in [5.74, 6) is -1.38. The number of carboxylic acids is 1. The quantitative estimate of drug-likeness (QED) is 0.775. The van der Waals surface area contributed by atoms with Crippen LogP contribution in [0, 0.1) is 5.92 Å². The van der Waals surface area contributed by atoms with Crippen LogP contribution < -0.4 is 5.32 Å². The number of methoxy groups -OCH3 is 1.